The van der Waals surface area contributed by atoms with Gasteiger partial charge >= 0.3 is 0 Å². The summed E-state index contributed by atoms with van der Waals surface area (Å²) < 4.78 is 0. The highest BCUT2D eigenvalue weighted by Gasteiger charge is 2.08. The van der Waals surface area contributed by atoms with E-state index in [4.69, 9.17) is 11.6 Å². The summed E-state index contributed by atoms with van der Waals surface area (Å²) >= 11 is 7.60. The largest absolute Gasteiger partial charge is 0.313 e. The zero-order chi connectivity index (χ0) is 12.8. The number of pyridine rings is 2. The molecule has 0 saturated carbocycles. The molecule has 0 aliphatic heterocycles. The van der Waals surface area contributed by atoms with Gasteiger partial charge in [-0.25, -0.2) is 9.97 Å². The molecule has 2 aromatic heterocycles. The van der Waals surface area contributed by atoms with Crippen LogP contribution in [0.5, 0.6) is 0 Å². The van der Waals surface area contributed by atoms with Gasteiger partial charge in [0.25, 0.3) is 0 Å². The molecule has 2 rings (SSSR count). The van der Waals surface area contributed by atoms with Crippen LogP contribution in [-0.2, 0) is 6.54 Å². The Balaban J connectivity index is 2.21. The number of halogens is 1. The van der Waals surface area contributed by atoms with Gasteiger partial charge in [-0.15, -0.1) is 0 Å². The Labute approximate surface area is 116 Å². The van der Waals surface area contributed by atoms with Crippen molar-refractivity contribution in [3.05, 3.63) is 47.2 Å². The Hall–Kier alpha value is -1.10. The maximum atomic E-state index is 6.10. The van der Waals surface area contributed by atoms with Crippen molar-refractivity contribution in [2.75, 3.05) is 6.54 Å². The van der Waals surface area contributed by atoms with Gasteiger partial charge in [0.2, 0.25) is 0 Å². The maximum absolute atomic E-state index is 6.10. The third kappa shape index (κ3) is 3.45. The van der Waals surface area contributed by atoms with E-state index in [1.807, 2.05) is 18.2 Å². The lowest BCUT2D eigenvalue weighted by Gasteiger charge is -2.08. The summed E-state index contributed by atoms with van der Waals surface area (Å²) in [6.45, 7) is 3.82. The zero-order valence-electron chi connectivity index (χ0n) is 10.1. The molecule has 94 valence electrons. The highest BCUT2D eigenvalue weighted by molar-refractivity contribution is 7.99. The van der Waals surface area contributed by atoms with E-state index in [0.29, 0.717) is 5.02 Å². The average Bonchev–Trinajstić information content (AvgIpc) is 2.40. The number of nitrogens with one attached hydrogen (secondary N) is 1. The molecular weight excluding hydrogens is 266 g/mol. The van der Waals surface area contributed by atoms with Crippen LogP contribution < -0.4 is 5.32 Å². The molecule has 0 aliphatic carbocycles. The van der Waals surface area contributed by atoms with Gasteiger partial charge in [-0.3, -0.25) is 0 Å². The highest BCUT2D eigenvalue weighted by atomic mass is 35.5. The first-order valence-corrected chi connectivity index (χ1v) is 6.93. The standard InChI is InChI=1S/C13H14ClN3S/c1-2-15-9-10-5-3-7-16-12(10)18-13-11(14)6-4-8-17-13/h3-8,15H,2,9H2,1H3. The molecule has 18 heavy (non-hydrogen) atoms. The number of hydrogen-bond donors (Lipinski definition) is 1. The van der Waals surface area contributed by atoms with Crippen molar-refractivity contribution in [2.24, 2.45) is 0 Å². The maximum Gasteiger partial charge on any atom is 0.121 e. The molecule has 0 radical (unpaired) electrons. The van der Waals surface area contributed by atoms with Crippen LogP contribution in [0.3, 0.4) is 0 Å². The molecule has 1 N–H and O–H groups in total. The fourth-order valence-electron chi connectivity index (χ4n) is 1.45. The lowest BCUT2D eigenvalue weighted by Crippen LogP contribution is -2.12. The van der Waals surface area contributed by atoms with Gasteiger partial charge in [0, 0.05) is 18.9 Å². The summed E-state index contributed by atoms with van der Waals surface area (Å²) in [5, 5.41) is 5.68. The van der Waals surface area contributed by atoms with Crippen LogP contribution in [0.1, 0.15) is 12.5 Å². The SMILES string of the molecule is CCNCc1cccnc1Sc1ncccc1Cl. The Kier molecular flexibility index (Phi) is 4.99. The summed E-state index contributed by atoms with van der Waals surface area (Å²) in [4.78, 5) is 8.66. The normalized spacial score (nSPS) is 10.6. The van der Waals surface area contributed by atoms with E-state index < -0.39 is 0 Å². The molecule has 5 heteroatoms. The quantitative estimate of drug-likeness (QED) is 0.910. The molecule has 3 nitrogen and oxygen atoms in total. The minimum Gasteiger partial charge on any atom is -0.313 e. The van der Waals surface area contributed by atoms with Crippen molar-refractivity contribution in [1.82, 2.24) is 15.3 Å². The van der Waals surface area contributed by atoms with Crippen molar-refractivity contribution < 1.29 is 0 Å². The monoisotopic (exact) mass is 279 g/mol. The number of rotatable bonds is 5. The number of aromatic nitrogens is 2. The second kappa shape index (κ2) is 6.73. The smallest absolute Gasteiger partial charge is 0.121 e. The number of hydrogen-bond acceptors (Lipinski definition) is 4. The van der Waals surface area contributed by atoms with E-state index in [9.17, 15) is 0 Å². The zero-order valence-corrected chi connectivity index (χ0v) is 11.6. The molecule has 0 unspecified atom stereocenters. The fraction of sp³-hybridized carbons (Fsp3) is 0.231. The van der Waals surface area contributed by atoms with Gasteiger partial charge in [-0.05, 0) is 42.1 Å². The minimum absolute atomic E-state index is 0.655. The molecule has 2 heterocycles. The summed E-state index contributed by atoms with van der Waals surface area (Å²) in [6, 6.07) is 7.67. The van der Waals surface area contributed by atoms with E-state index in [-0.39, 0.29) is 0 Å². The Morgan fingerprint density at radius 1 is 1.17 bits per heavy atom. The van der Waals surface area contributed by atoms with Gasteiger partial charge in [0.15, 0.2) is 0 Å². The second-order valence-electron chi connectivity index (χ2n) is 3.64. The third-order valence-corrected chi connectivity index (χ3v) is 3.83. The van der Waals surface area contributed by atoms with E-state index in [0.717, 1.165) is 28.7 Å². The molecule has 2 aromatic rings. The first kappa shape index (κ1) is 13.3. The van der Waals surface area contributed by atoms with E-state index in [2.05, 4.69) is 28.3 Å². The van der Waals surface area contributed by atoms with Crippen LogP contribution in [0.15, 0.2) is 46.7 Å². The lowest BCUT2D eigenvalue weighted by atomic mass is 10.3. The van der Waals surface area contributed by atoms with E-state index in [1.54, 1.807) is 12.4 Å². The lowest BCUT2D eigenvalue weighted by molar-refractivity contribution is 0.711. The van der Waals surface area contributed by atoms with Crippen LogP contribution in [-0.4, -0.2) is 16.5 Å². The van der Waals surface area contributed by atoms with Gasteiger partial charge < -0.3 is 5.32 Å². The first-order chi connectivity index (χ1) is 8.81. The van der Waals surface area contributed by atoms with Crippen molar-refractivity contribution in [2.45, 2.75) is 23.5 Å². The summed E-state index contributed by atoms with van der Waals surface area (Å²) in [6.07, 6.45) is 3.52. The van der Waals surface area contributed by atoms with Gasteiger partial charge in [0.1, 0.15) is 10.1 Å². The molecule has 0 fully saturated rings. The molecule has 0 aromatic carbocycles. The minimum atomic E-state index is 0.655. The van der Waals surface area contributed by atoms with Crippen LogP contribution >= 0.6 is 23.4 Å². The first-order valence-electron chi connectivity index (χ1n) is 5.74. The van der Waals surface area contributed by atoms with Crippen LogP contribution in [0, 0.1) is 0 Å². The van der Waals surface area contributed by atoms with Crippen LogP contribution in [0.4, 0.5) is 0 Å². The van der Waals surface area contributed by atoms with E-state index >= 15 is 0 Å². The molecule has 0 saturated heterocycles. The van der Waals surface area contributed by atoms with Crippen LogP contribution in [0.2, 0.25) is 5.02 Å². The molecule has 0 amide bonds. The molecule has 0 spiro atoms. The number of nitrogens with zero attached hydrogens (tertiary/aromatic N) is 2. The molecule has 0 atom stereocenters. The van der Waals surface area contributed by atoms with Gasteiger partial charge in [0.05, 0.1) is 5.02 Å². The van der Waals surface area contributed by atoms with Gasteiger partial charge in [-0.1, -0.05) is 24.6 Å². The second-order valence-corrected chi connectivity index (χ2v) is 5.03. The third-order valence-electron chi connectivity index (χ3n) is 2.33. The van der Waals surface area contributed by atoms with Crippen molar-refractivity contribution in [3.63, 3.8) is 0 Å². The Morgan fingerprint density at radius 2 is 1.89 bits per heavy atom. The Morgan fingerprint density at radius 3 is 2.61 bits per heavy atom. The Bertz CT molecular complexity index is 519. The summed E-state index contributed by atoms with van der Waals surface area (Å²) in [5.41, 5.74) is 1.16. The summed E-state index contributed by atoms with van der Waals surface area (Å²) in [7, 11) is 0. The molecule has 0 aliphatic rings. The van der Waals surface area contributed by atoms with Crippen LogP contribution in [0.25, 0.3) is 0 Å². The van der Waals surface area contributed by atoms with Crippen molar-refractivity contribution in [1.29, 1.82) is 0 Å². The van der Waals surface area contributed by atoms with Crippen molar-refractivity contribution in [3.8, 4) is 0 Å². The fourth-order valence-corrected chi connectivity index (χ4v) is 2.53. The molecular formula is C13H14ClN3S. The molecule has 0 bridgehead atoms. The van der Waals surface area contributed by atoms with Gasteiger partial charge in [-0.2, -0.15) is 0 Å². The predicted molar refractivity (Wildman–Crippen MR) is 75.0 cm³/mol. The topological polar surface area (TPSA) is 37.8 Å². The predicted octanol–water partition coefficient (Wildman–Crippen LogP) is 3.39. The average molecular weight is 280 g/mol. The summed E-state index contributed by atoms with van der Waals surface area (Å²) in [5.74, 6) is 0. The van der Waals surface area contributed by atoms with Crippen molar-refractivity contribution >= 4 is 23.4 Å². The van der Waals surface area contributed by atoms with E-state index in [1.165, 1.54) is 11.8 Å². The highest BCUT2D eigenvalue weighted by Crippen LogP contribution is 2.31.